The van der Waals surface area contributed by atoms with Crippen molar-refractivity contribution in [3.05, 3.63) is 0 Å². The van der Waals surface area contributed by atoms with Gasteiger partial charge in [-0.05, 0) is 0 Å². The van der Waals surface area contributed by atoms with E-state index in [4.69, 9.17) is 5.26 Å². The van der Waals surface area contributed by atoms with Crippen molar-refractivity contribution in [2.75, 3.05) is 6.61 Å². The highest BCUT2D eigenvalue weighted by molar-refractivity contribution is 5.21. The summed E-state index contributed by atoms with van der Waals surface area (Å²) in [5.74, 6) is 0. The molecule has 3 nitrogen and oxygen atoms in total. The lowest BCUT2D eigenvalue weighted by Crippen LogP contribution is -1.81. The van der Waals surface area contributed by atoms with Crippen LogP contribution in [0.1, 0.15) is 6.42 Å². The molecule has 0 bridgehead atoms. The zero-order valence-corrected chi connectivity index (χ0v) is 3.92. The van der Waals surface area contributed by atoms with Crippen LogP contribution in [0.3, 0.4) is 0 Å². The Balaban J connectivity index is 2.72. The van der Waals surface area contributed by atoms with Gasteiger partial charge < -0.3 is 4.84 Å². The highest BCUT2D eigenvalue weighted by Crippen LogP contribution is 1.76. The summed E-state index contributed by atoms with van der Waals surface area (Å²) in [5, 5.41) is 11.0. The van der Waals surface area contributed by atoms with Gasteiger partial charge in [0.1, 0.15) is 6.61 Å². The van der Waals surface area contributed by atoms with E-state index in [1.807, 2.05) is 6.07 Å². The van der Waals surface area contributed by atoms with Crippen molar-refractivity contribution >= 4 is 6.72 Å². The molecule has 0 saturated carbocycles. The summed E-state index contributed by atoms with van der Waals surface area (Å²) in [6, 6.07) is 1.89. The van der Waals surface area contributed by atoms with Crippen molar-refractivity contribution in [1.29, 1.82) is 5.26 Å². The first-order chi connectivity index (χ1) is 3.41. The number of nitrogens with zero attached hydrogens (tertiary/aromatic N) is 2. The van der Waals surface area contributed by atoms with Gasteiger partial charge in [-0.2, -0.15) is 5.26 Å². The van der Waals surface area contributed by atoms with Gasteiger partial charge in [0, 0.05) is 6.72 Å². The van der Waals surface area contributed by atoms with Crippen LogP contribution < -0.4 is 0 Å². The number of rotatable bonds is 3. The molecule has 0 saturated heterocycles. The van der Waals surface area contributed by atoms with Crippen LogP contribution in [0.2, 0.25) is 0 Å². The molecule has 0 aromatic rings. The van der Waals surface area contributed by atoms with E-state index in [0.29, 0.717) is 13.0 Å². The van der Waals surface area contributed by atoms with Crippen molar-refractivity contribution in [1.82, 2.24) is 0 Å². The lowest BCUT2D eigenvalue weighted by Gasteiger charge is -1.86. The van der Waals surface area contributed by atoms with E-state index >= 15 is 0 Å². The van der Waals surface area contributed by atoms with Gasteiger partial charge in [-0.25, -0.2) is 0 Å². The van der Waals surface area contributed by atoms with Gasteiger partial charge in [-0.3, -0.25) is 0 Å². The third kappa shape index (κ3) is 4.96. The second-order valence-corrected chi connectivity index (χ2v) is 0.870. The lowest BCUT2D eigenvalue weighted by atomic mass is 10.5. The molecule has 0 unspecified atom stereocenters. The predicted molar refractivity (Wildman–Crippen MR) is 25.7 cm³/mol. The molecule has 0 N–H and O–H groups in total. The first-order valence-electron chi connectivity index (χ1n) is 1.86. The Labute approximate surface area is 42.2 Å². The molecule has 0 aromatic carbocycles. The Hall–Kier alpha value is -1.04. The summed E-state index contributed by atoms with van der Waals surface area (Å²) in [6.45, 7) is 3.40. The van der Waals surface area contributed by atoms with Crippen molar-refractivity contribution in [2.24, 2.45) is 5.16 Å². The lowest BCUT2D eigenvalue weighted by molar-refractivity contribution is 0.153. The zero-order chi connectivity index (χ0) is 5.54. The molecule has 38 valence electrons. The third-order valence-corrected chi connectivity index (χ3v) is 0.396. The SMILES string of the molecule is C=NOCCC#N. The number of oxime groups is 1. The molecule has 0 atom stereocenters. The minimum atomic E-state index is 0.347. The van der Waals surface area contributed by atoms with Gasteiger partial charge in [-0.15, -0.1) is 5.16 Å². The van der Waals surface area contributed by atoms with Crippen LogP contribution in [0, 0.1) is 11.3 Å². The Morgan fingerprint density at radius 3 is 3.00 bits per heavy atom. The van der Waals surface area contributed by atoms with E-state index in [1.54, 1.807) is 0 Å². The summed E-state index contributed by atoms with van der Waals surface area (Å²) >= 11 is 0. The molecular formula is C4H6N2O. The number of hydrogen-bond acceptors (Lipinski definition) is 3. The quantitative estimate of drug-likeness (QED) is 0.293. The molecule has 0 radical (unpaired) electrons. The molecule has 0 aliphatic rings. The number of nitriles is 1. The maximum Gasteiger partial charge on any atom is 0.130 e. The molecule has 0 heterocycles. The van der Waals surface area contributed by atoms with E-state index in [0.717, 1.165) is 0 Å². The second-order valence-electron chi connectivity index (χ2n) is 0.870. The van der Waals surface area contributed by atoms with E-state index in [9.17, 15) is 0 Å². The Morgan fingerprint density at radius 1 is 1.86 bits per heavy atom. The molecule has 7 heavy (non-hydrogen) atoms. The molecular weight excluding hydrogens is 92.1 g/mol. The van der Waals surface area contributed by atoms with E-state index in [2.05, 4.69) is 16.7 Å². The summed E-state index contributed by atoms with van der Waals surface area (Å²) < 4.78 is 0. The van der Waals surface area contributed by atoms with Crippen LogP contribution >= 0.6 is 0 Å². The van der Waals surface area contributed by atoms with Crippen LogP contribution in [0.5, 0.6) is 0 Å². The first-order valence-corrected chi connectivity index (χ1v) is 1.86. The van der Waals surface area contributed by atoms with Crippen molar-refractivity contribution in [3.8, 4) is 6.07 Å². The average Bonchev–Trinajstić information content (AvgIpc) is 1.69. The molecule has 0 amide bonds. The molecule has 0 aliphatic carbocycles. The van der Waals surface area contributed by atoms with Crippen LogP contribution in [-0.4, -0.2) is 13.3 Å². The Bertz CT molecular complexity index is 84.2. The Kier molecular flexibility index (Phi) is 4.22. The summed E-state index contributed by atoms with van der Waals surface area (Å²) in [4.78, 5) is 4.37. The van der Waals surface area contributed by atoms with Gasteiger partial charge in [-0.1, -0.05) is 0 Å². The average molecular weight is 98.1 g/mol. The van der Waals surface area contributed by atoms with E-state index < -0.39 is 0 Å². The van der Waals surface area contributed by atoms with Crippen LogP contribution in [0.15, 0.2) is 5.16 Å². The summed E-state index contributed by atoms with van der Waals surface area (Å²) in [6.07, 6.45) is 0.374. The monoisotopic (exact) mass is 98.0 g/mol. The smallest absolute Gasteiger partial charge is 0.130 e. The van der Waals surface area contributed by atoms with Crippen LogP contribution in [0.25, 0.3) is 0 Å². The standard InChI is InChI=1S/C4H6N2O/c1-6-7-4-2-3-5/h1-2,4H2. The molecule has 0 aromatic heterocycles. The first kappa shape index (κ1) is 5.96. The second kappa shape index (κ2) is 4.96. The molecule has 3 heteroatoms. The van der Waals surface area contributed by atoms with Gasteiger partial charge in [0.25, 0.3) is 0 Å². The highest BCUT2D eigenvalue weighted by Gasteiger charge is 1.76. The minimum Gasteiger partial charge on any atom is -0.395 e. The molecule has 0 spiro atoms. The maximum absolute atomic E-state index is 7.90. The largest absolute Gasteiger partial charge is 0.395 e. The molecule has 0 aliphatic heterocycles. The van der Waals surface area contributed by atoms with Gasteiger partial charge >= 0.3 is 0 Å². The zero-order valence-electron chi connectivity index (χ0n) is 3.92. The normalized spacial score (nSPS) is 6.71. The minimum absolute atomic E-state index is 0.347. The maximum atomic E-state index is 7.90. The third-order valence-electron chi connectivity index (χ3n) is 0.396. The Morgan fingerprint density at radius 2 is 2.57 bits per heavy atom. The fourth-order valence-corrected chi connectivity index (χ4v) is 0.156. The van der Waals surface area contributed by atoms with Crippen molar-refractivity contribution in [2.45, 2.75) is 6.42 Å². The fourth-order valence-electron chi connectivity index (χ4n) is 0.156. The van der Waals surface area contributed by atoms with Gasteiger partial charge in [0.2, 0.25) is 0 Å². The summed E-state index contributed by atoms with van der Waals surface area (Å²) in [7, 11) is 0. The molecule has 0 fully saturated rings. The van der Waals surface area contributed by atoms with Crippen LogP contribution in [0.4, 0.5) is 0 Å². The van der Waals surface area contributed by atoms with Crippen molar-refractivity contribution < 1.29 is 4.84 Å². The fraction of sp³-hybridized carbons (Fsp3) is 0.500. The van der Waals surface area contributed by atoms with Gasteiger partial charge in [0.05, 0.1) is 12.5 Å². The highest BCUT2D eigenvalue weighted by atomic mass is 16.6. The predicted octanol–water partition coefficient (Wildman–Crippen LogP) is 0.532. The number of hydrogen-bond donors (Lipinski definition) is 0. The summed E-state index contributed by atoms with van der Waals surface area (Å²) in [5.41, 5.74) is 0. The van der Waals surface area contributed by atoms with Gasteiger partial charge in [0.15, 0.2) is 0 Å². The van der Waals surface area contributed by atoms with Crippen LogP contribution in [-0.2, 0) is 4.84 Å². The van der Waals surface area contributed by atoms with Crippen molar-refractivity contribution in [3.63, 3.8) is 0 Å². The topological polar surface area (TPSA) is 45.4 Å². The van der Waals surface area contributed by atoms with E-state index in [1.165, 1.54) is 0 Å². The molecule has 0 rings (SSSR count). The van der Waals surface area contributed by atoms with E-state index in [-0.39, 0.29) is 0 Å².